The van der Waals surface area contributed by atoms with Gasteiger partial charge in [-0.1, -0.05) is 0 Å². The lowest BCUT2D eigenvalue weighted by Gasteiger charge is -2.27. The van der Waals surface area contributed by atoms with Gasteiger partial charge in [-0.25, -0.2) is 19.3 Å². The van der Waals surface area contributed by atoms with Crippen molar-refractivity contribution in [2.75, 3.05) is 23.7 Å². The number of nitrogen functional groups attached to an aromatic ring is 1. The van der Waals surface area contributed by atoms with E-state index in [-0.39, 0.29) is 17.8 Å². The molecule has 1 atom stereocenters. The van der Waals surface area contributed by atoms with Crippen molar-refractivity contribution < 1.29 is 9.18 Å². The molecule has 1 amide bonds. The number of nitrogens with zero attached hydrogens (tertiary/aromatic N) is 5. The van der Waals surface area contributed by atoms with Gasteiger partial charge in [0.15, 0.2) is 11.5 Å². The molecule has 6 N–H and O–H groups in total. The molecule has 6 rings (SSSR count). The van der Waals surface area contributed by atoms with Crippen LogP contribution >= 0.6 is 0 Å². The molecule has 2 aromatic heterocycles. The van der Waals surface area contributed by atoms with Crippen LogP contribution in [0.4, 0.5) is 15.9 Å². The predicted octanol–water partition coefficient (Wildman–Crippen LogP) is 1.03. The van der Waals surface area contributed by atoms with Crippen LogP contribution in [-0.4, -0.2) is 56.1 Å². The third kappa shape index (κ3) is 4.30. The molecule has 184 valence electrons. The van der Waals surface area contributed by atoms with Gasteiger partial charge in [0.25, 0.3) is 0 Å². The Morgan fingerprint density at radius 1 is 1.14 bits per heavy atom. The average molecular weight is 480 g/mol. The van der Waals surface area contributed by atoms with E-state index in [1.165, 1.54) is 12.4 Å². The van der Waals surface area contributed by atoms with Gasteiger partial charge in [0.05, 0.1) is 12.9 Å². The minimum Gasteiger partial charge on any atom is -0.382 e. The van der Waals surface area contributed by atoms with Crippen molar-refractivity contribution in [3.63, 3.8) is 0 Å². The Hall–Kier alpha value is -3.31. The first-order valence-corrected chi connectivity index (χ1v) is 12.2. The minimum absolute atomic E-state index is 0.102. The Labute approximate surface area is 202 Å². The molecule has 3 aliphatic rings. The molecule has 1 unspecified atom stereocenters. The van der Waals surface area contributed by atoms with Crippen molar-refractivity contribution >= 4 is 28.6 Å². The van der Waals surface area contributed by atoms with E-state index in [4.69, 9.17) is 11.5 Å². The molecule has 0 bridgehead atoms. The van der Waals surface area contributed by atoms with Crippen molar-refractivity contribution in [1.82, 2.24) is 30.2 Å². The van der Waals surface area contributed by atoms with Gasteiger partial charge in [0, 0.05) is 48.5 Å². The van der Waals surface area contributed by atoms with Gasteiger partial charge in [0.1, 0.15) is 23.2 Å². The van der Waals surface area contributed by atoms with Crippen molar-refractivity contribution in [3.8, 4) is 0 Å². The molecule has 0 radical (unpaired) electrons. The monoisotopic (exact) mass is 479 g/mol. The van der Waals surface area contributed by atoms with Gasteiger partial charge < -0.3 is 31.6 Å². The maximum Gasteiger partial charge on any atom is 0.242 e. The Bertz CT molecular complexity index is 1290. The summed E-state index contributed by atoms with van der Waals surface area (Å²) in [4.78, 5) is 27.7. The molecule has 3 heterocycles. The molecule has 2 aliphatic carbocycles. The number of hydrogen-bond donors (Lipinski definition) is 4. The summed E-state index contributed by atoms with van der Waals surface area (Å²) in [6.45, 7) is 1.76. The zero-order chi connectivity index (χ0) is 24.2. The second kappa shape index (κ2) is 8.42. The number of nitrogens with two attached hydrogens (primary N) is 2. The molecule has 1 saturated heterocycles. The van der Waals surface area contributed by atoms with Crippen LogP contribution in [0.5, 0.6) is 0 Å². The number of anilines is 2. The number of carbonyl (C=O) groups is 1. The number of imidazole rings is 1. The van der Waals surface area contributed by atoms with Crippen LogP contribution in [0.1, 0.15) is 43.2 Å². The highest BCUT2D eigenvalue weighted by atomic mass is 19.1. The standard InChI is InChI=1S/C24H30FN9O/c25-18-5-6-19(33-8-7-24(27,11-33)23(35)32-15-3-4-15)17(16(18)9-28-14-1-2-14)10-34-13-31-20-21(26)29-12-30-22(20)34/h5-6,12-15,28H,1-4,7-11,27H2,(H,32,35)(H2,26,29,30). The highest BCUT2D eigenvalue weighted by Crippen LogP contribution is 2.34. The zero-order valence-electron chi connectivity index (χ0n) is 19.5. The zero-order valence-corrected chi connectivity index (χ0v) is 19.5. The number of rotatable bonds is 8. The maximum absolute atomic E-state index is 15.2. The second-order valence-corrected chi connectivity index (χ2v) is 10.1. The molecule has 10 nitrogen and oxygen atoms in total. The van der Waals surface area contributed by atoms with E-state index in [1.807, 2.05) is 4.57 Å². The quantitative estimate of drug-likeness (QED) is 0.376. The molecule has 1 aromatic carbocycles. The molecular formula is C24H30FN9O. The van der Waals surface area contributed by atoms with Crippen molar-refractivity contribution in [2.45, 2.75) is 62.8 Å². The fraction of sp³-hybridized carbons (Fsp3) is 0.500. The van der Waals surface area contributed by atoms with Crippen LogP contribution in [0.3, 0.4) is 0 Å². The third-order valence-corrected chi connectivity index (χ3v) is 7.26. The SMILES string of the molecule is Nc1ncnc2c1ncn2Cc1c(N2CCC(N)(C(=O)NC3CC3)C2)ccc(F)c1CNC1CC1. The molecular weight excluding hydrogens is 449 g/mol. The highest BCUT2D eigenvalue weighted by Gasteiger charge is 2.43. The molecule has 1 aliphatic heterocycles. The summed E-state index contributed by atoms with van der Waals surface area (Å²) in [5, 5.41) is 6.49. The Morgan fingerprint density at radius 3 is 2.71 bits per heavy atom. The lowest BCUT2D eigenvalue weighted by Crippen LogP contribution is -2.56. The second-order valence-electron chi connectivity index (χ2n) is 10.1. The summed E-state index contributed by atoms with van der Waals surface area (Å²) in [5.74, 6) is -0.0623. The minimum atomic E-state index is -0.968. The molecule has 35 heavy (non-hydrogen) atoms. The van der Waals surface area contributed by atoms with E-state index in [9.17, 15) is 4.79 Å². The van der Waals surface area contributed by atoms with Gasteiger partial charge in [0.2, 0.25) is 5.91 Å². The highest BCUT2D eigenvalue weighted by molar-refractivity contribution is 5.88. The molecule has 3 fully saturated rings. The lowest BCUT2D eigenvalue weighted by atomic mass is 9.99. The Balaban J connectivity index is 1.35. The van der Waals surface area contributed by atoms with Crippen LogP contribution in [0.15, 0.2) is 24.8 Å². The molecule has 0 spiro atoms. The number of nitrogens with one attached hydrogen (secondary N) is 2. The first-order chi connectivity index (χ1) is 16.9. The number of halogens is 1. The van der Waals surface area contributed by atoms with Gasteiger partial charge in [-0.05, 0) is 44.2 Å². The number of hydrogen-bond acceptors (Lipinski definition) is 8. The number of amides is 1. The number of carbonyl (C=O) groups excluding carboxylic acids is 1. The van der Waals surface area contributed by atoms with Gasteiger partial charge in [-0.3, -0.25) is 4.79 Å². The van der Waals surface area contributed by atoms with Gasteiger partial charge >= 0.3 is 0 Å². The summed E-state index contributed by atoms with van der Waals surface area (Å²) < 4.78 is 17.1. The first kappa shape index (κ1) is 22.2. The Morgan fingerprint density at radius 2 is 1.94 bits per heavy atom. The summed E-state index contributed by atoms with van der Waals surface area (Å²) in [6, 6.07) is 3.98. The van der Waals surface area contributed by atoms with Gasteiger partial charge in [-0.2, -0.15) is 0 Å². The smallest absolute Gasteiger partial charge is 0.242 e. The maximum atomic E-state index is 15.2. The van der Waals surface area contributed by atoms with Crippen LogP contribution in [-0.2, 0) is 17.9 Å². The van der Waals surface area contributed by atoms with Crippen molar-refractivity contribution in [2.24, 2.45) is 5.73 Å². The summed E-state index contributed by atoms with van der Waals surface area (Å²) in [7, 11) is 0. The van der Waals surface area contributed by atoms with Crippen LogP contribution in [0.25, 0.3) is 11.2 Å². The normalized spacial score (nSPS) is 22.2. The summed E-state index contributed by atoms with van der Waals surface area (Å²) >= 11 is 0. The Kier molecular flexibility index (Phi) is 5.33. The third-order valence-electron chi connectivity index (χ3n) is 7.26. The topological polar surface area (TPSA) is 140 Å². The van der Waals surface area contributed by atoms with Crippen molar-refractivity contribution in [1.29, 1.82) is 0 Å². The summed E-state index contributed by atoms with van der Waals surface area (Å²) in [6.07, 6.45) is 7.84. The molecule has 2 saturated carbocycles. The number of fused-ring (bicyclic) bond motifs is 1. The largest absolute Gasteiger partial charge is 0.382 e. The number of aromatic nitrogens is 4. The van der Waals surface area contributed by atoms with E-state index in [1.54, 1.807) is 12.4 Å². The van der Waals surface area contributed by atoms with Crippen LogP contribution in [0, 0.1) is 5.82 Å². The van der Waals surface area contributed by atoms with E-state index < -0.39 is 5.54 Å². The fourth-order valence-corrected chi connectivity index (χ4v) is 4.82. The number of benzene rings is 1. The first-order valence-electron chi connectivity index (χ1n) is 12.2. The van der Waals surface area contributed by atoms with E-state index >= 15 is 4.39 Å². The van der Waals surface area contributed by atoms with Crippen molar-refractivity contribution in [3.05, 3.63) is 41.7 Å². The van der Waals surface area contributed by atoms with Crippen LogP contribution < -0.4 is 27.0 Å². The predicted molar refractivity (Wildman–Crippen MR) is 130 cm³/mol. The molecule has 11 heteroatoms. The molecule has 3 aromatic rings. The van der Waals surface area contributed by atoms with Gasteiger partial charge in [-0.15, -0.1) is 0 Å². The van der Waals surface area contributed by atoms with E-state index in [0.29, 0.717) is 61.2 Å². The van der Waals surface area contributed by atoms with Crippen LogP contribution in [0.2, 0.25) is 0 Å². The van der Waals surface area contributed by atoms with E-state index in [2.05, 4.69) is 30.5 Å². The average Bonchev–Trinajstić information content (AvgIpc) is 3.76. The lowest BCUT2D eigenvalue weighted by molar-refractivity contribution is -0.125. The van der Waals surface area contributed by atoms with E-state index in [0.717, 1.165) is 36.9 Å². The fourth-order valence-electron chi connectivity index (χ4n) is 4.82. The summed E-state index contributed by atoms with van der Waals surface area (Å²) in [5.41, 5.74) is 15.0.